The van der Waals surface area contributed by atoms with Crippen LogP contribution in [0.15, 0.2) is 54.6 Å². The van der Waals surface area contributed by atoms with Crippen LogP contribution in [0.3, 0.4) is 0 Å². The SMILES string of the molecule is Nc1c(C(=O)Nc2ccccc2C(=O)c2ccccc2)sc2nc3c(c(C(F)(F)F)c12)CCCC3. The minimum Gasteiger partial charge on any atom is -0.397 e. The van der Waals surface area contributed by atoms with Gasteiger partial charge in [-0.05, 0) is 43.4 Å². The molecule has 5 nitrogen and oxygen atoms in total. The maximum absolute atomic E-state index is 14.1. The molecule has 35 heavy (non-hydrogen) atoms. The lowest BCUT2D eigenvalue weighted by molar-refractivity contribution is -0.137. The maximum Gasteiger partial charge on any atom is 0.417 e. The molecule has 2 aromatic carbocycles. The highest BCUT2D eigenvalue weighted by molar-refractivity contribution is 7.21. The lowest BCUT2D eigenvalue weighted by atomic mass is 9.90. The van der Waals surface area contributed by atoms with E-state index in [0.29, 0.717) is 24.1 Å². The molecule has 0 unspecified atom stereocenters. The van der Waals surface area contributed by atoms with Crippen LogP contribution in [0.2, 0.25) is 0 Å². The van der Waals surface area contributed by atoms with E-state index >= 15 is 0 Å². The minimum absolute atomic E-state index is 0.0673. The fourth-order valence-corrected chi connectivity index (χ4v) is 5.52. The third-order valence-corrected chi connectivity index (χ3v) is 7.20. The zero-order valence-corrected chi connectivity index (χ0v) is 19.2. The van der Waals surface area contributed by atoms with E-state index < -0.39 is 17.6 Å². The van der Waals surface area contributed by atoms with Crippen molar-refractivity contribution in [3.63, 3.8) is 0 Å². The molecule has 2 heterocycles. The second kappa shape index (κ2) is 8.81. The first-order chi connectivity index (χ1) is 16.8. The third kappa shape index (κ3) is 4.16. The summed E-state index contributed by atoms with van der Waals surface area (Å²) in [6.45, 7) is 0. The van der Waals surface area contributed by atoms with Gasteiger partial charge in [0.2, 0.25) is 0 Å². The number of ketones is 1. The number of halogens is 3. The van der Waals surface area contributed by atoms with Crippen LogP contribution < -0.4 is 11.1 Å². The average molecular weight is 496 g/mol. The van der Waals surface area contributed by atoms with Crippen LogP contribution in [-0.2, 0) is 19.0 Å². The molecule has 0 spiro atoms. The predicted molar refractivity (Wildman–Crippen MR) is 130 cm³/mol. The second-order valence-corrected chi connectivity index (χ2v) is 9.34. The summed E-state index contributed by atoms with van der Waals surface area (Å²) < 4.78 is 42.4. The second-order valence-electron chi connectivity index (χ2n) is 8.34. The van der Waals surface area contributed by atoms with E-state index in [-0.39, 0.29) is 49.8 Å². The van der Waals surface area contributed by atoms with E-state index in [0.717, 1.165) is 17.8 Å². The molecular weight excluding hydrogens is 475 g/mol. The molecule has 4 aromatic rings. The van der Waals surface area contributed by atoms with E-state index in [9.17, 15) is 22.8 Å². The highest BCUT2D eigenvalue weighted by Gasteiger charge is 2.40. The van der Waals surface area contributed by atoms with Gasteiger partial charge in [0.05, 0.1) is 16.9 Å². The molecule has 1 aliphatic rings. The van der Waals surface area contributed by atoms with Crippen molar-refractivity contribution in [2.24, 2.45) is 0 Å². The van der Waals surface area contributed by atoms with Crippen molar-refractivity contribution in [3.8, 4) is 0 Å². The summed E-state index contributed by atoms with van der Waals surface area (Å²) in [6.07, 6.45) is -2.47. The number of hydrogen-bond donors (Lipinski definition) is 2. The summed E-state index contributed by atoms with van der Waals surface area (Å²) in [6, 6.07) is 15.1. The van der Waals surface area contributed by atoms with E-state index in [1.54, 1.807) is 54.6 Å². The normalized spacial score (nSPS) is 13.5. The number of nitrogens with zero attached hydrogens (tertiary/aromatic N) is 1. The van der Waals surface area contributed by atoms with Gasteiger partial charge in [-0.2, -0.15) is 13.2 Å². The molecule has 1 aliphatic carbocycles. The van der Waals surface area contributed by atoms with Crippen LogP contribution in [0.25, 0.3) is 10.2 Å². The van der Waals surface area contributed by atoms with Crippen molar-refractivity contribution < 1.29 is 22.8 Å². The molecule has 0 saturated carbocycles. The number of hydrogen-bond acceptors (Lipinski definition) is 5. The number of nitrogens with one attached hydrogen (secondary N) is 1. The van der Waals surface area contributed by atoms with E-state index in [1.165, 1.54) is 0 Å². The average Bonchev–Trinajstić information content (AvgIpc) is 3.18. The lowest BCUT2D eigenvalue weighted by Gasteiger charge is -2.21. The standard InChI is InChI=1S/C26H20F3N3O2S/c27-26(28,29)20-15-10-4-6-12-17(15)32-25-19(20)21(30)23(35-25)24(34)31-18-13-7-5-11-16(18)22(33)14-8-2-1-3-9-14/h1-3,5,7-9,11,13H,4,6,10,12,30H2,(H,31,34). The molecule has 2 aromatic heterocycles. The molecule has 0 atom stereocenters. The van der Waals surface area contributed by atoms with Crippen LogP contribution in [0, 0.1) is 0 Å². The smallest absolute Gasteiger partial charge is 0.397 e. The molecule has 0 bridgehead atoms. The number of aryl methyl sites for hydroxylation is 1. The Balaban J connectivity index is 1.56. The molecule has 9 heteroatoms. The number of pyridine rings is 1. The van der Waals surface area contributed by atoms with Crippen molar-refractivity contribution in [2.45, 2.75) is 31.9 Å². The largest absolute Gasteiger partial charge is 0.417 e. The Morgan fingerprint density at radius 3 is 2.40 bits per heavy atom. The minimum atomic E-state index is -4.62. The lowest BCUT2D eigenvalue weighted by Crippen LogP contribution is -2.17. The summed E-state index contributed by atoms with van der Waals surface area (Å²) in [4.78, 5) is 30.7. The monoisotopic (exact) mass is 495 g/mol. The number of fused-ring (bicyclic) bond motifs is 2. The zero-order chi connectivity index (χ0) is 24.7. The van der Waals surface area contributed by atoms with Crippen molar-refractivity contribution in [3.05, 3.63) is 87.4 Å². The van der Waals surface area contributed by atoms with Gasteiger partial charge in [0.1, 0.15) is 9.71 Å². The molecule has 1 amide bonds. The Hall–Kier alpha value is -3.72. The zero-order valence-electron chi connectivity index (χ0n) is 18.4. The van der Waals surface area contributed by atoms with Gasteiger partial charge >= 0.3 is 6.18 Å². The first-order valence-electron chi connectivity index (χ1n) is 11.1. The summed E-state index contributed by atoms with van der Waals surface area (Å²) in [5.41, 5.74) is 6.66. The van der Waals surface area contributed by atoms with Gasteiger partial charge in [-0.1, -0.05) is 42.5 Å². The molecule has 0 fully saturated rings. The van der Waals surface area contributed by atoms with Crippen LogP contribution in [0.4, 0.5) is 24.5 Å². The van der Waals surface area contributed by atoms with E-state index in [4.69, 9.17) is 5.73 Å². The quantitative estimate of drug-likeness (QED) is 0.327. The first kappa shape index (κ1) is 23.0. The van der Waals surface area contributed by atoms with Gasteiger partial charge < -0.3 is 11.1 Å². The number of nitrogens with two attached hydrogens (primary N) is 1. The number of carbonyl (C=O) groups is 2. The number of anilines is 2. The number of para-hydroxylation sites is 1. The number of amides is 1. The van der Waals surface area contributed by atoms with Crippen LogP contribution in [0.1, 0.15) is 55.3 Å². The maximum atomic E-state index is 14.1. The Morgan fingerprint density at radius 2 is 1.66 bits per heavy atom. The number of nitrogen functional groups attached to an aromatic ring is 1. The molecule has 0 radical (unpaired) electrons. The topological polar surface area (TPSA) is 85.1 Å². The van der Waals surface area contributed by atoms with Crippen molar-refractivity contribution >= 4 is 44.6 Å². The Labute approximate surface area is 202 Å². The van der Waals surface area contributed by atoms with Gasteiger partial charge in [-0.3, -0.25) is 9.59 Å². The fourth-order valence-electron chi connectivity index (χ4n) is 4.50. The molecule has 0 saturated heterocycles. The van der Waals surface area contributed by atoms with E-state index in [2.05, 4.69) is 10.3 Å². The Kier molecular flexibility index (Phi) is 5.80. The highest BCUT2D eigenvalue weighted by Crippen LogP contribution is 2.46. The summed E-state index contributed by atoms with van der Waals surface area (Å²) in [5.74, 6) is -0.982. The fraction of sp³-hybridized carbons (Fsp3) is 0.192. The van der Waals surface area contributed by atoms with Crippen molar-refractivity contribution in [1.29, 1.82) is 0 Å². The van der Waals surface area contributed by atoms with Crippen molar-refractivity contribution in [1.82, 2.24) is 4.98 Å². The van der Waals surface area contributed by atoms with E-state index in [1.807, 2.05) is 0 Å². The number of aromatic nitrogens is 1. The number of alkyl halides is 3. The summed E-state index contributed by atoms with van der Waals surface area (Å²) in [5, 5.41) is 2.45. The van der Waals surface area contributed by atoms with Gasteiger partial charge in [-0.25, -0.2) is 4.98 Å². The molecule has 178 valence electrons. The van der Waals surface area contributed by atoms with Gasteiger partial charge in [0.25, 0.3) is 5.91 Å². The number of carbonyl (C=O) groups excluding carboxylic acids is 2. The van der Waals surface area contributed by atoms with Crippen molar-refractivity contribution in [2.75, 3.05) is 11.1 Å². The van der Waals surface area contributed by atoms with Crippen LogP contribution in [0.5, 0.6) is 0 Å². The van der Waals surface area contributed by atoms with Gasteiger partial charge in [0.15, 0.2) is 5.78 Å². The molecular formula is C26H20F3N3O2S. The van der Waals surface area contributed by atoms with Gasteiger partial charge in [-0.15, -0.1) is 11.3 Å². The molecule has 3 N–H and O–H groups in total. The van der Waals surface area contributed by atoms with Crippen LogP contribution in [-0.4, -0.2) is 16.7 Å². The summed E-state index contributed by atoms with van der Waals surface area (Å²) in [7, 11) is 0. The highest BCUT2D eigenvalue weighted by atomic mass is 32.1. The number of thiophene rings is 1. The predicted octanol–water partition coefficient (Wildman–Crippen LogP) is 6.26. The Bertz CT molecular complexity index is 1460. The number of rotatable bonds is 4. The molecule has 5 rings (SSSR count). The number of benzene rings is 2. The summed E-state index contributed by atoms with van der Waals surface area (Å²) >= 11 is 0.832. The molecule has 0 aliphatic heterocycles. The Morgan fingerprint density at radius 1 is 0.971 bits per heavy atom. The first-order valence-corrected chi connectivity index (χ1v) is 11.9. The van der Waals surface area contributed by atoms with Crippen LogP contribution >= 0.6 is 11.3 Å². The third-order valence-electron chi connectivity index (χ3n) is 6.10. The van der Waals surface area contributed by atoms with Gasteiger partial charge in [0, 0.05) is 22.2 Å².